The predicted molar refractivity (Wildman–Crippen MR) is 49.0 cm³/mol. The van der Waals surface area contributed by atoms with E-state index in [0.29, 0.717) is 6.42 Å². The van der Waals surface area contributed by atoms with Crippen molar-refractivity contribution in [1.82, 2.24) is 5.32 Å². The third-order valence-electron chi connectivity index (χ3n) is 2.11. The monoisotopic (exact) mass is 205 g/mol. The van der Waals surface area contributed by atoms with Gasteiger partial charge in [0.25, 0.3) is 0 Å². The van der Waals surface area contributed by atoms with Crippen LogP contribution in [0, 0.1) is 17.8 Å². The molecule has 1 aliphatic rings. The van der Waals surface area contributed by atoms with Crippen LogP contribution in [0.1, 0.15) is 13.3 Å². The number of halogens is 2. The summed E-state index contributed by atoms with van der Waals surface area (Å²) in [6.45, 7) is 1.94. The summed E-state index contributed by atoms with van der Waals surface area (Å²) < 4.78 is -0.911. The van der Waals surface area contributed by atoms with Crippen LogP contribution in [0.3, 0.4) is 0 Å². The zero-order valence-electron chi connectivity index (χ0n) is 6.66. The lowest BCUT2D eigenvalue weighted by Crippen LogP contribution is -2.33. The minimum Gasteiger partial charge on any atom is -0.345 e. The first-order valence-electron chi connectivity index (χ1n) is 3.53. The van der Waals surface area contributed by atoms with Crippen LogP contribution in [0.5, 0.6) is 0 Å². The van der Waals surface area contributed by atoms with Crippen LogP contribution in [0.15, 0.2) is 0 Å². The van der Waals surface area contributed by atoms with E-state index < -0.39 is 9.75 Å². The van der Waals surface area contributed by atoms with Crippen LogP contribution in [0.2, 0.25) is 0 Å². The maximum Gasteiger partial charge on any atom is 0.229 e. The maximum atomic E-state index is 11.3. The molecule has 1 atom stereocenters. The van der Waals surface area contributed by atoms with Gasteiger partial charge >= 0.3 is 0 Å². The van der Waals surface area contributed by atoms with Gasteiger partial charge < -0.3 is 5.32 Å². The molecule has 0 aromatic carbocycles. The standard InChI is InChI=1S/C8H9Cl2NO/c1-3-4-11-6(12)7(2)5-8(7,9)10/h1H,4-5H2,2H3,(H,11,12). The number of hydrogen-bond acceptors (Lipinski definition) is 1. The SMILES string of the molecule is C#CCNC(=O)C1(C)CC1(Cl)Cl. The van der Waals surface area contributed by atoms with E-state index in [4.69, 9.17) is 29.6 Å². The first-order valence-corrected chi connectivity index (χ1v) is 4.29. The first-order chi connectivity index (χ1) is 5.44. The fourth-order valence-electron chi connectivity index (χ4n) is 0.973. The number of terminal acetylenes is 1. The molecule has 0 spiro atoms. The molecular weight excluding hydrogens is 197 g/mol. The summed E-state index contributed by atoms with van der Waals surface area (Å²) in [5.41, 5.74) is -0.660. The Morgan fingerprint density at radius 2 is 2.25 bits per heavy atom. The zero-order valence-corrected chi connectivity index (χ0v) is 8.17. The average molecular weight is 206 g/mol. The van der Waals surface area contributed by atoms with E-state index in [2.05, 4.69) is 11.2 Å². The lowest BCUT2D eigenvalue weighted by Gasteiger charge is -2.10. The number of carbonyl (C=O) groups is 1. The van der Waals surface area contributed by atoms with Gasteiger partial charge in [-0.25, -0.2) is 0 Å². The third-order valence-corrected chi connectivity index (χ3v) is 3.21. The molecule has 1 unspecified atom stereocenters. The van der Waals surface area contributed by atoms with Gasteiger partial charge in [0, 0.05) is 0 Å². The van der Waals surface area contributed by atoms with Crippen molar-refractivity contribution < 1.29 is 4.79 Å². The number of nitrogens with one attached hydrogen (secondary N) is 1. The van der Waals surface area contributed by atoms with Gasteiger partial charge in [0.2, 0.25) is 5.91 Å². The molecule has 4 heteroatoms. The average Bonchev–Trinajstić information content (AvgIpc) is 2.48. The minimum absolute atomic E-state index is 0.176. The summed E-state index contributed by atoms with van der Waals surface area (Å²) in [6, 6.07) is 0. The van der Waals surface area contributed by atoms with Gasteiger partial charge in [-0.3, -0.25) is 4.79 Å². The fourth-order valence-corrected chi connectivity index (χ4v) is 1.68. The smallest absolute Gasteiger partial charge is 0.229 e. The second-order valence-electron chi connectivity index (χ2n) is 3.10. The van der Waals surface area contributed by atoms with Gasteiger partial charge in [-0.15, -0.1) is 29.6 Å². The van der Waals surface area contributed by atoms with Crippen molar-refractivity contribution >= 4 is 29.1 Å². The Morgan fingerprint density at radius 3 is 2.58 bits per heavy atom. The van der Waals surface area contributed by atoms with Gasteiger partial charge in [-0.2, -0.15) is 0 Å². The molecule has 1 saturated carbocycles. The van der Waals surface area contributed by atoms with Crippen LogP contribution in [0.25, 0.3) is 0 Å². The molecule has 1 amide bonds. The molecule has 0 radical (unpaired) electrons. The molecule has 0 aromatic rings. The van der Waals surface area contributed by atoms with Gasteiger partial charge in [0.1, 0.15) is 4.33 Å². The lowest BCUT2D eigenvalue weighted by molar-refractivity contribution is -0.125. The predicted octanol–water partition coefficient (Wildman–Crippen LogP) is 1.32. The van der Waals surface area contributed by atoms with Crippen LogP contribution in [0.4, 0.5) is 0 Å². The molecule has 66 valence electrons. The molecule has 1 rings (SSSR count). The van der Waals surface area contributed by atoms with Gasteiger partial charge in [0.05, 0.1) is 12.0 Å². The molecule has 1 fully saturated rings. The molecule has 2 nitrogen and oxygen atoms in total. The van der Waals surface area contributed by atoms with Gasteiger partial charge in [-0.1, -0.05) is 5.92 Å². The summed E-state index contributed by atoms with van der Waals surface area (Å²) in [5, 5.41) is 2.55. The summed E-state index contributed by atoms with van der Waals surface area (Å²) in [6.07, 6.45) is 5.46. The second kappa shape index (κ2) is 2.83. The molecule has 0 aliphatic heterocycles. The van der Waals surface area contributed by atoms with Crippen molar-refractivity contribution in [3.8, 4) is 12.3 Å². The Bertz CT molecular complexity index is 256. The molecule has 1 N–H and O–H groups in total. The summed E-state index contributed by atoms with van der Waals surface area (Å²) in [4.78, 5) is 11.3. The molecule has 0 saturated heterocycles. The van der Waals surface area contributed by atoms with Gasteiger partial charge in [0.15, 0.2) is 0 Å². The largest absolute Gasteiger partial charge is 0.345 e. The molecule has 12 heavy (non-hydrogen) atoms. The number of amides is 1. The van der Waals surface area contributed by atoms with Crippen LogP contribution in [-0.4, -0.2) is 16.8 Å². The Labute approximate surface area is 81.6 Å². The van der Waals surface area contributed by atoms with Crippen molar-refractivity contribution in [1.29, 1.82) is 0 Å². The van der Waals surface area contributed by atoms with E-state index >= 15 is 0 Å². The molecular formula is C8H9Cl2NO. The third kappa shape index (κ3) is 1.39. The van der Waals surface area contributed by atoms with Crippen molar-refractivity contribution in [3.63, 3.8) is 0 Å². The van der Waals surface area contributed by atoms with Crippen molar-refractivity contribution in [2.45, 2.75) is 17.7 Å². The van der Waals surface area contributed by atoms with E-state index in [0.717, 1.165) is 0 Å². The molecule has 0 bridgehead atoms. The highest BCUT2D eigenvalue weighted by molar-refractivity contribution is 6.53. The normalized spacial score (nSPS) is 30.5. The Morgan fingerprint density at radius 1 is 1.75 bits per heavy atom. The van der Waals surface area contributed by atoms with Crippen molar-refractivity contribution in [2.75, 3.05) is 6.54 Å². The summed E-state index contributed by atoms with van der Waals surface area (Å²) in [5.74, 6) is 2.13. The maximum absolute atomic E-state index is 11.3. The highest BCUT2D eigenvalue weighted by Gasteiger charge is 2.67. The Balaban J connectivity index is 2.52. The zero-order chi connectivity index (χ0) is 9.41. The second-order valence-corrected chi connectivity index (χ2v) is 4.58. The highest BCUT2D eigenvalue weighted by Crippen LogP contribution is 2.63. The number of hydrogen-bond donors (Lipinski definition) is 1. The van der Waals surface area contributed by atoms with Crippen molar-refractivity contribution in [3.05, 3.63) is 0 Å². The summed E-state index contributed by atoms with van der Waals surface area (Å²) in [7, 11) is 0. The van der Waals surface area contributed by atoms with E-state index in [-0.39, 0.29) is 12.5 Å². The molecule has 1 aliphatic carbocycles. The topological polar surface area (TPSA) is 29.1 Å². The van der Waals surface area contributed by atoms with Gasteiger partial charge in [-0.05, 0) is 13.3 Å². The number of carbonyl (C=O) groups excluding carboxylic acids is 1. The minimum atomic E-state index is -0.911. The Kier molecular flexibility index (Phi) is 2.29. The van der Waals surface area contributed by atoms with Crippen LogP contribution >= 0.6 is 23.2 Å². The first kappa shape index (κ1) is 9.70. The van der Waals surface area contributed by atoms with E-state index in [9.17, 15) is 4.79 Å². The molecule has 0 aromatic heterocycles. The Hall–Kier alpha value is -0.390. The fraction of sp³-hybridized carbons (Fsp3) is 0.625. The molecule has 0 heterocycles. The van der Waals surface area contributed by atoms with E-state index in [1.54, 1.807) is 6.92 Å². The van der Waals surface area contributed by atoms with Crippen LogP contribution < -0.4 is 5.32 Å². The van der Waals surface area contributed by atoms with Crippen molar-refractivity contribution in [2.24, 2.45) is 5.41 Å². The van der Waals surface area contributed by atoms with E-state index in [1.807, 2.05) is 0 Å². The van der Waals surface area contributed by atoms with Crippen LogP contribution in [-0.2, 0) is 4.79 Å². The summed E-state index contributed by atoms with van der Waals surface area (Å²) >= 11 is 11.6. The lowest BCUT2D eigenvalue weighted by atomic mass is 10.1. The number of alkyl halides is 2. The quantitative estimate of drug-likeness (QED) is 0.535. The number of rotatable bonds is 2. The van der Waals surface area contributed by atoms with E-state index in [1.165, 1.54) is 0 Å². The highest BCUT2D eigenvalue weighted by atomic mass is 35.5.